The number of hydrogen-bond acceptors (Lipinski definition) is 2. The molecule has 0 bridgehead atoms. The van der Waals surface area contributed by atoms with Gasteiger partial charge < -0.3 is 9.32 Å². The zero-order valence-corrected chi connectivity index (χ0v) is 28.4. The summed E-state index contributed by atoms with van der Waals surface area (Å²) >= 11 is 0. The molecule has 52 heavy (non-hydrogen) atoms. The molecule has 1 heterocycles. The summed E-state index contributed by atoms with van der Waals surface area (Å²) in [6.45, 7) is 0. The SMILES string of the molecule is c1ccc(-c2ccc(N(c3ccc(-c4cccc5ccccc45)cc3)c3ccccc3-c3cccc4ccc5c6ccccc6oc5c34)cc2)cc1. The van der Waals surface area contributed by atoms with Crippen LogP contribution in [0.1, 0.15) is 0 Å². The molecule has 1 aromatic heterocycles. The maximum atomic E-state index is 6.62. The minimum Gasteiger partial charge on any atom is -0.455 e. The van der Waals surface area contributed by atoms with Crippen LogP contribution in [0.5, 0.6) is 0 Å². The molecule has 0 radical (unpaired) electrons. The van der Waals surface area contributed by atoms with Gasteiger partial charge in [-0.15, -0.1) is 0 Å². The monoisotopic (exact) mass is 663 g/mol. The van der Waals surface area contributed by atoms with E-state index in [-0.39, 0.29) is 0 Å². The number of fused-ring (bicyclic) bond motifs is 6. The van der Waals surface area contributed by atoms with Gasteiger partial charge >= 0.3 is 0 Å². The van der Waals surface area contributed by atoms with E-state index in [1.165, 1.54) is 33.0 Å². The Kier molecular flexibility index (Phi) is 7.18. The van der Waals surface area contributed by atoms with Crippen molar-refractivity contribution in [3.05, 3.63) is 200 Å². The smallest absolute Gasteiger partial charge is 0.143 e. The molecule has 2 nitrogen and oxygen atoms in total. The van der Waals surface area contributed by atoms with E-state index >= 15 is 0 Å². The Labute approximate surface area is 302 Å². The van der Waals surface area contributed by atoms with E-state index in [2.05, 4.69) is 199 Å². The lowest BCUT2D eigenvalue weighted by Gasteiger charge is -2.28. The van der Waals surface area contributed by atoms with Crippen molar-refractivity contribution in [1.82, 2.24) is 0 Å². The molecule has 0 saturated heterocycles. The zero-order valence-electron chi connectivity index (χ0n) is 28.4. The van der Waals surface area contributed by atoms with Crippen molar-refractivity contribution in [3.8, 4) is 33.4 Å². The maximum Gasteiger partial charge on any atom is 0.143 e. The van der Waals surface area contributed by atoms with E-state index in [0.717, 1.165) is 60.9 Å². The molecule has 0 spiro atoms. The highest BCUT2D eigenvalue weighted by Crippen LogP contribution is 2.46. The van der Waals surface area contributed by atoms with E-state index in [9.17, 15) is 0 Å². The number of anilines is 3. The Morgan fingerprint density at radius 1 is 0.327 bits per heavy atom. The molecular weight excluding hydrogens is 631 g/mol. The fourth-order valence-electron chi connectivity index (χ4n) is 7.80. The first-order chi connectivity index (χ1) is 25.8. The quantitative estimate of drug-likeness (QED) is 0.176. The number of furan rings is 1. The van der Waals surface area contributed by atoms with Crippen LogP contribution < -0.4 is 4.90 Å². The van der Waals surface area contributed by atoms with Crippen molar-refractivity contribution in [2.24, 2.45) is 0 Å². The molecule has 10 rings (SSSR count). The van der Waals surface area contributed by atoms with E-state index < -0.39 is 0 Å². The number of nitrogens with zero attached hydrogens (tertiary/aromatic N) is 1. The third-order valence-electron chi connectivity index (χ3n) is 10.3. The van der Waals surface area contributed by atoms with Gasteiger partial charge in [-0.1, -0.05) is 158 Å². The Morgan fingerprint density at radius 2 is 0.904 bits per heavy atom. The van der Waals surface area contributed by atoms with Crippen LogP contribution in [0.25, 0.3) is 76.9 Å². The molecule has 0 unspecified atom stereocenters. The van der Waals surface area contributed by atoms with Crippen molar-refractivity contribution in [1.29, 1.82) is 0 Å². The summed E-state index contributed by atoms with van der Waals surface area (Å²) in [6.07, 6.45) is 0. The molecule has 9 aromatic carbocycles. The minimum absolute atomic E-state index is 0.902. The average Bonchev–Trinajstić information content (AvgIpc) is 3.61. The summed E-state index contributed by atoms with van der Waals surface area (Å²) in [4.78, 5) is 2.38. The second-order valence-electron chi connectivity index (χ2n) is 13.3. The van der Waals surface area contributed by atoms with Crippen LogP contribution in [0, 0.1) is 0 Å². The number of hydrogen-bond donors (Lipinski definition) is 0. The summed E-state index contributed by atoms with van der Waals surface area (Å²) in [6, 6.07) is 71.6. The highest BCUT2D eigenvalue weighted by Gasteiger charge is 2.21. The van der Waals surface area contributed by atoms with Gasteiger partial charge in [-0.2, -0.15) is 0 Å². The average molecular weight is 664 g/mol. The fourth-order valence-corrected chi connectivity index (χ4v) is 7.80. The van der Waals surface area contributed by atoms with Crippen LogP contribution in [0.3, 0.4) is 0 Å². The van der Waals surface area contributed by atoms with Gasteiger partial charge in [-0.3, -0.25) is 0 Å². The van der Waals surface area contributed by atoms with Crippen LogP contribution in [-0.2, 0) is 0 Å². The molecule has 0 fully saturated rings. The van der Waals surface area contributed by atoms with Crippen molar-refractivity contribution < 1.29 is 4.42 Å². The van der Waals surface area contributed by atoms with E-state index in [1.807, 2.05) is 6.07 Å². The van der Waals surface area contributed by atoms with Gasteiger partial charge in [0.1, 0.15) is 11.2 Å². The highest BCUT2D eigenvalue weighted by molar-refractivity contribution is 6.19. The van der Waals surface area contributed by atoms with Gasteiger partial charge in [0, 0.05) is 33.1 Å². The first kappa shape index (κ1) is 30.0. The second kappa shape index (κ2) is 12.5. The zero-order chi connectivity index (χ0) is 34.4. The first-order valence-corrected chi connectivity index (χ1v) is 17.8. The lowest BCUT2D eigenvalue weighted by atomic mass is 9.94. The fraction of sp³-hybridized carbons (Fsp3) is 0. The lowest BCUT2D eigenvalue weighted by molar-refractivity contribution is 0.673. The minimum atomic E-state index is 0.902. The van der Waals surface area contributed by atoms with Gasteiger partial charge in [-0.05, 0) is 86.4 Å². The summed E-state index contributed by atoms with van der Waals surface area (Å²) in [5.74, 6) is 0. The molecule has 0 aliphatic heterocycles. The van der Waals surface area contributed by atoms with Crippen LogP contribution in [-0.4, -0.2) is 0 Å². The standard InChI is InChI=1S/C50H33NO/c1-2-12-34(13-3-1)35-24-29-39(30-25-35)51(40-31-26-37(27-32-40)42-20-10-15-36-14-4-5-17-41(36)42)47-22-8-6-18-43(47)45-21-11-16-38-28-33-46-44-19-7-9-23-48(44)52-50(46)49(38)45/h1-33H. The van der Waals surface area contributed by atoms with Gasteiger partial charge in [0.15, 0.2) is 0 Å². The van der Waals surface area contributed by atoms with E-state index in [0.29, 0.717) is 0 Å². The van der Waals surface area contributed by atoms with Gasteiger partial charge in [0.25, 0.3) is 0 Å². The Balaban J connectivity index is 1.17. The number of rotatable bonds is 6. The summed E-state index contributed by atoms with van der Waals surface area (Å²) in [5, 5.41) is 7.03. The molecule has 0 N–H and O–H groups in total. The largest absolute Gasteiger partial charge is 0.455 e. The number of para-hydroxylation sites is 2. The third kappa shape index (κ3) is 5.04. The van der Waals surface area contributed by atoms with Crippen molar-refractivity contribution >= 4 is 60.5 Å². The Morgan fingerprint density at radius 3 is 1.71 bits per heavy atom. The van der Waals surface area contributed by atoms with E-state index in [1.54, 1.807) is 0 Å². The van der Waals surface area contributed by atoms with Gasteiger partial charge in [0.2, 0.25) is 0 Å². The van der Waals surface area contributed by atoms with Crippen LogP contribution in [0.2, 0.25) is 0 Å². The molecule has 0 amide bonds. The normalized spacial score (nSPS) is 11.5. The number of benzene rings is 9. The second-order valence-corrected chi connectivity index (χ2v) is 13.3. The Hall–Kier alpha value is -6.90. The van der Waals surface area contributed by atoms with Gasteiger partial charge in [0.05, 0.1) is 5.69 Å². The summed E-state index contributed by atoms with van der Waals surface area (Å²) in [5.41, 5.74) is 12.1. The maximum absolute atomic E-state index is 6.62. The molecule has 0 aliphatic carbocycles. The molecule has 0 aliphatic rings. The predicted octanol–water partition coefficient (Wildman–Crippen LogP) is 14.4. The summed E-state index contributed by atoms with van der Waals surface area (Å²) < 4.78 is 6.62. The molecule has 244 valence electrons. The first-order valence-electron chi connectivity index (χ1n) is 17.8. The molecule has 10 aromatic rings. The van der Waals surface area contributed by atoms with E-state index in [4.69, 9.17) is 4.42 Å². The van der Waals surface area contributed by atoms with Crippen LogP contribution in [0.15, 0.2) is 205 Å². The molecule has 0 saturated carbocycles. The lowest BCUT2D eigenvalue weighted by Crippen LogP contribution is -2.11. The molecular formula is C50H33NO. The van der Waals surface area contributed by atoms with Gasteiger partial charge in [-0.25, -0.2) is 0 Å². The van der Waals surface area contributed by atoms with Crippen LogP contribution in [0.4, 0.5) is 17.1 Å². The molecule has 2 heteroatoms. The van der Waals surface area contributed by atoms with Crippen molar-refractivity contribution in [2.45, 2.75) is 0 Å². The summed E-state index contributed by atoms with van der Waals surface area (Å²) in [7, 11) is 0. The predicted molar refractivity (Wildman–Crippen MR) is 220 cm³/mol. The third-order valence-corrected chi connectivity index (χ3v) is 10.3. The highest BCUT2D eigenvalue weighted by atomic mass is 16.3. The Bertz CT molecular complexity index is 2880. The van der Waals surface area contributed by atoms with Crippen LogP contribution >= 0.6 is 0 Å². The molecule has 0 atom stereocenters. The van der Waals surface area contributed by atoms with Crippen molar-refractivity contribution in [3.63, 3.8) is 0 Å². The topological polar surface area (TPSA) is 16.4 Å². The van der Waals surface area contributed by atoms with Crippen molar-refractivity contribution in [2.75, 3.05) is 4.90 Å².